The minimum absolute atomic E-state index is 0.0105. The van der Waals surface area contributed by atoms with E-state index >= 15 is 0 Å². The lowest BCUT2D eigenvalue weighted by atomic mass is 10.0. The van der Waals surface area contributed by atoms with Gasteiger partial charge in [-0.15, -0.1) is 0 Å². The number of ether oxygens (including phenoxy) is 1. The van der Waals surface area contributed by atoms with Crippen LogP contribution in [-0.4, -0.2) is 53.8 Å². The summed E-state index contributed by atoms with van der Waals surface area (Å²) in [6, 6.07) is 13.7. The molecular formula is C24H26FN5O4S. The molecule has 9 nitrogen and oxygen atoms in total. The second-order valence-electron chi connectivity index (χ2n) is 7.61. The third-order valence-corrected chi connectivity index (χ3v) is 6.10. The molecule has 3 aromatic rings. The van der Waals surface area contributed by atoms with E-state index < -0.39 is 29.6 Å². The molecule has 1 unspecified atom stereocenters. The summed E-state index contributed by atoms with van der Waals surface area (Å²) in [4.78, 5) is 40.0. The Morgan fingerprint density at radius 3 is 2.43 bits per heavy atom. The zero-order valence-corrected chi connectivity index (χ0v) is 19.9. The number of benzene rings is 2. The molecule has 35 heavy (non-hydrogen) atoms. The summed E-state index contributed by atoms with van der Waals surface area (Å²) in [6.07, 6.45) is 0.428. The molecule has 1 atom stereocenters. The van der Waals surface area contributed by atoms with Gasteiger partial charge < -0.3 is 26.4 Å². The number of anilines is 1. The van der Waals surface area contributed by atoms with Crippen molar-refractivity contribution in [1.29, 1.82) is 0 Å². The normalized spacial score (nSPS) is 11.6. The zero-order valence-electron chi connectivity index (χ0n) is 19.1. The van der Waals surface area contributed by atoms with E-state index in [0.717, 1.165) is 17.1 Å². The van der Waals surface area contributed by atoms with Gasteiger partial charge in [0.05, 0.1) is 12.3 Å². The Kier molecular flexibility index (Phi) is 8.87. The molecule has 0 saturated heterocycles. The summed E-state index contributed by atoms with van der Waals surface area (Å²) in [7, 11) is 1.50. The first kappa shape index (κ1) is 25.8. The topological polar surface area (TPSA) is 141 Å². The number of rotatable bonds is 11. The van der Waals surface area contributed by atoms with Gasteiger partial charge in [0.15, 0.2) is 5.69 Å². The van der Waals surface area contributed by atoms with Gasteiger partial charge in [0.25, 0.3) is 11.8 Å². The van der Waals surface area contributed by atoms with Crippen LogP contribution in [-0.2, 0) is 16.0 Å². The summed E-state index contributed by atoms with van der Waals surface area (Å²) in [5.74, 6) is -2.42. The number of methoxy groups -OCH3 is 1. The fraction of sp³-hybridized carbons (Fsp3) is 0.250. The molecule has 5 N–H and O–H groups in total. The van der Waals surface area contributed by atoms with Crippen LogP contribution in [0.4, 0.5) is 10.1 Å². The third kappa shape index (κ3) is 6.40. The Labute approximate surface area is 206 Å². The molecule has 184 valence electrons. The molecule has 3 amide bonds. The molecule has 11 heteroatoms. The first-order valence-electron chi connectivity index (χ1n) is 10.8. The zero-order chi connectivity index (χ0) is 25.4. The molecule has 0 aliphatic heterocycles. The number of carbonyl (C=O) groups is 3. The largest absolute Gasteiger partial charge is 0.395 e. The van der Waals surface area contributed by atoms with Gasteiger partial charge in [-0.1, -0.05) is 42.5 Å². The average molecular weight is 500 g/mol. The maximum atomic E-state index is 13.7. The SMILES string of the molecule is COCCNC(=O)C(c1ccc(F)cc1)N(CCc1ccccc1)C(=O)c1snc(C(N)=O)c1N. The van der Waals surface area contributed by atoms with E-state index in [2.05, 4.69) is 9.69 Å². The highest BCUT2D eigenvalue weighted by atomic mass is 32.1. The van der Waals surface area contributed by atoms with Gasteiger partial charge in [-0.25, -0.2) is 4.39 Å². The fourth-order valence-electron chi connectivity index (χ4n) is 3.49. The van der Waals surface area contributed by atoms with Crippen molar-refractivity contribution in [3.63, 3.8) is 0 Å². The molecule has 0 aliphatic rings. The molecule has 0 fully saturated rings. The van der Waals surface area contributed by atoms with Crippen LogP contribution in [0.3, 0.4) is 0 Å². The van der Waals surface area contributed by atoms with Crippen LogP contribution in [0, 0.1) is 5.82 Å². The highest BCUT2D eigenvalue weighted by Gasteiger charge is 2.34. The molecule has 0 aliphatic carbocycles. The number of nitrogen functional groups attached to an aromatic ring is 1. The van der Waals surface area contributed by atoms with Gasteiger partial charge >= 0.3 is 0 Å². The van der Waals surface area contributed by atoms with Crippen molar-refractivity contribution in [3.8, 4) is 0 Å². The minimum Gasteiger partial charge on any atom is -0.395 e. The highest BCUT2D eigenvalue weighted by molar-refractivity contribution is 7.09. The van der Waals surface area contributed by atoms with Crippen LogP contribution in [0.25, 0.3) is 0 Å². The maximum Gasteiger partial charge on any atom is 0.270 e. The summed E-state index contributed by atoms with van der Waals surface area (Å²) in [6.45, 7) is 0.609. The Morgan fingerprint density at radius 1 is 1.14 bits per heavy atom. The van der Waals surface area contributed by atoms with Crippen LogP contribution >= 0.6 is 11.5 Å². The molecule has 2 aromatic carbocycles. The van der Waals surface area contributed by atoms with Crippen LogP contribution in [0.2, 0.25) is 0 Å². The van der Waals surface area contributed by atoms with Crippen molar-refractivity contribution < 1.29 is 23.5 Å². The van der Waals surface area contributed by atoms with Crippen LogP contribution in [0.15, 0.2) is 54.6 Å². The van der Waals surface area contributed by atoms with Gasteiger partial charge in [0, 0.05) is 20.2 Å². The van der Waals surface area contributed by atoms with Crippen LogP contribution in [0.5, 0.6) is 0 Å². The Bertz CT molecular complexity index is 1170. The first-order valence-corrected chi connectivity index (χ1v) is 11.5. The minimum atomic E-state index is -1.11. The molecule has 0 radical (unpaired) electrons. The number of amides is 3. The molecule has 0 bridgehead atoms. The van der Waals surface area contributed by atoms with Crippen molar-refractivity contribution in [2.45, 2.75) is 12.5 Å². The molecular weight excluding hydrogens is 473 g/mol. The molecule has 3 rings (SSSR count). The van der Waals surface area contributed by atoms with Gasteiger partial charge in [-0.2, -0.15) is 4.37 Å². The van der Waals surface area contributed by atoms with E-state index in [1.165, 1.54) is 36.3 Å². The molecule has 1 heterocycles. The molecule has 0 saturated carbocycles. The predicted molar refractivity (Wildman–Crippen MR) is 130 cm³/mol. The first-order chi connectivity index (χ1) is 16.8. The van der Waals surface area contributed by atoms with Crippen LogP contribution in [0.1, 0.15) is 37.3 Å². The van der Waals surface area contributed by atoms with Gasteiger partial charge in [0.1, 0.15) is 16.7 Å². The van der Waals surface area contributed by atoms with Crippen molar-refractivity contribution in [2.24, 2.45) is 5.73 Å². The molecule has 0 spiro atoms. The Hall–Kier alpha value is -3.83. The summed E-state index contributed by atoms with van der Waals surface area (Å²) in [5, 5.41) is 2.75. The summed E-state index contributed by atoms with van der Waals surface area (Å²) >= 11 is 0.732. The van der Waals surface area contributed by atoms with E-state index in [-0.39, 0.29) is 36.0 Å². The number of nitrogens with two attached hydrogens (primary N) is 2. The Morgan fingerprint density at radius 2 is 1.83 bits per heavy atom. The summed E-state index contributed by atoms with van der Waals surface area (Å²) < 4.78 is 22.6. The monoisotopic (exact) mass is 499 g/mol. The Balaban J connectivity index is 2.03. The fourth-order valence-corrected chi connectivity index (χ4v) is 4.25. The van der Waals surface area contributed by atoms with Crippen molar-refractivity contribution in [2.75, 3.05) is 32.5 Å². The standard InChI is InChI=1S/C24H26FN5O4S/c1-34-14-12-28-23(32)20(16-7-9-17(25)10-8-16)30(13-11-15-5-3-2-4-6-15)24(33)21-18(26)19(22(27)31)29-35-21/h2-10,20H,11-14,26H2,1H3,(H2,27,31)(H,28,32). The lowest BCUT2D eigenvalue weighted by Crippen LogP contribution is -2.45. The van der Waals surface area contributed by atoms with Crippen molar-refractivity contribution in [3.05, 3.63) is 82.1 Å². The quantitative estimate of drug-likeness (QED) is 0.345. The maximum absolute atomic E-state index is 13.7. The van der Waals surface area contributed by atoms with Gasteiger partial charge in [-0.3, -0.25) is 14.4 Å². The van der Waals surface area contributed by atoms with E-state index in [1.807, 2.05) is 30.3 Å². The van der Waals surface area contributed by atoms with Crippen LogP contribution < -0.4 is 16.8 Å². The number of hydrogen-bond acceptors (Lipinski definition) is 7. The van der Waals surface area contributed by atoms with Crippen molar-refractivity contribution >= 4 is 34.9 Å². The number of aromatic nitrogens is 1. The van der Waals surface area contributed by atoms with E-state index in [9.17, 15) is 18.8 Å². The second kappa shape index (κ2) is 12.0. The van der Waals surface area contributed by atoms with Gasteiger partial charge in [0.2, 0.25) is 5.91 Å². The summed E-state index contributed by atoms with van der Waals surface area (Å²) in [5.41, 5.74) is 12.3. The number of halogens is 1. The number of carbonyl (C=O) groups excluding carboxylic acids is 3. The predicted octanol–water partition coefficient (Wildman–Crippen LogP) is 2.15. The lowest BCUT2D eigenvalue weighted by molar-refractivity contribution is -0.126. The third-order valence-electron chi connectivity index (χ3n) is 5.25. The average Bonchev–Trinajstić information content (AvgIpc) is 3.24. The lowest BCUT2D eigenvalue weighted by Gasteiger charge is -2.31. The second-order valence-corrected chi connectivity index (χ2v) is 8.38. The smallest absolute Gasteiger partial charge is 0.270 e. The highest BCUT2D eigenvalue weighted by Crippen LogP contribution is 2.29. The number of hydrogen-bond donors (Lipinski definition) is 3. The van der Waals surface area contributed by atoms with E-state index in [1.54, 1.807) is 0 Å². The van der Waals surface area contributed by atoms with E-state index in [4.69, 9.17) is 16.2 Å². The molecule has 1 aromatic heterocycles. The number of nitrogens with zero attached hydrogens (tertiary/aromatic N) is 2. The van der Waals surface area contributed by atoms with E-state index in [0.29, 0.717) is 12.0 Å². The van der Waals surface area contributed by atoms with Crippen molar-refractivity contribution in [1.82, 2.24) is 14.6 Å². The van der Waals surface area contributed by atoms with Gasteiger partial charge in [-0.05, 0) is 41.2 Å². The number of nitrogens with one attached hydrogen (secondary N) is 1. The number of primary amides is 1.